The molecular formula is C6H12S2. The highest BCUT2D eigenvalue weighted by Gasteiger charge is 2.21. The maximum absolute atomic E-state index is 4.50. The number of thioether (sulfide) groups is 1. The first-order valence-corrected chi connectivity index (χ1v) is 4.61. The third-order valence-corrected chi connectivity index (χ3v) is 3.00. The molecule has 0 aromatic carbocycles. The maximum Gasteiger partial charge on any atom is 0.0117 e. The fourth-order valence-electron chi connectivity index (χ4n) is 0.811. The minimum absolute atomic E-state index is 0.352. The fraction of sp³-hybridized carbons (Fsp3) is 1.00. The Morgan fingerprint density at radius 2 is 1.88 bits per heavy atom. The quantitative estimate of drug-likeness (QED) is 0.514. The van der Waals surface area contributed by atoms with Crippen LogP contribution in [0.4, 0.5) is 0 Å². The van der Waals surface area contributed by atoms with E-state index in [1.165, 1.54) is 24.3 Å². The summed E-state index contributed by atoms with van der Waals surface area (Å²) in [6.07, 6.45) is 2.56. The first-order valence-electron chi connectivity index (χ1n) is 3.01. The summed E-state index contributed by atoms with van der Waals surface area (Å²) in [4.78, 5) is 0. The van der Waals surface area contributed by atoms with Crippen LogP contribution in [-0.2, 0) is 0 Å². The van der Waals surface area contributed by atoms with Crippen molar-refractivity contribution in [1.82, 2.24) is 0 Å². The van der Waals surface area contributed by atoms with E-state index in [1.807, 2.05) is 11.8 Å². The summed E-state index contributed by atoms with van der Waals surface area (Å²) in [5.41, 5.74) is 0. The lowest BCUT2D eigenvalue weighted by Crippen LogP contribution is -2.22. The van der Waals surface area contributed by atoms with Crippen molar-refractivity contribution in [3.05, 3.63) is 0 Å². The lowest BCUT2D eigenvalue weighted by Gasteiger charge is -2.27. The molecule has 1 saturated heterocycles. The maximum atomic E-state index is 4.50. The molecule has 1 heterocycles. The Kier molecular flexibility index (Phi) is 2.15. The molecule has 1 aliphatic rings. The zero-order chi connectivity index (χ0) is 6.04. The van der Waals surface area contributed by atoms with E-state index in [1.54, 1.807) is 0 Å². The van der Waals surface area contributed by atoms with Crippen LogP contribution < -0.4 is 0 Å². The molecule has 0 bridgehead atoms. The van der Waals surface area contributed by atoms with Gasteiger partial charge < -0.3 is 0 Å². The van der Waals surface area contributed by atoms with Gasteiger partial charge in [0.25, 0.3) is 0 Å². The van der Waals surface area contributed by atoms with Gasteiger partial charge in [-0.15, -0.1) is 0 Å². The molecule has 0 spiro atoms. The second-order valence-electron chi connectivity index (χ2n) is 2.61. The first-order chi connectivity index (χ1) is 3.71. The van der Waals surface area contributed by atoms with Crippen LogP contribution in [0.25, 0.3) is 0 Å². The molecule has 0 atom stereocenters. The summed E-state index contributed by atoms with van der Waals surface area (Å²) < 4.78 is 0.352. The van der Waals surface area contributed by atoms with Crippen molar-refractivity contribution in [1.29, 1.82) is 0 Å². The molecule has 0 N–H and O–H groups in total. The number of hydrogen-bond donors (Lipinski definition) is 1. The second kappa shape index (κ2) is 2.53. The predicted octanol–water partition coefficient (Wildman–Crippen LogP) is 2.20. The third kappa shape index (κ3) is 1.90. The van der Waals surface area contributed by atoms with Gasteiger partial charge in [0.1, 0.15) is 0 Å². The van der Waals surface area contributed by atoms with Gasteiger partial charge in [-0.3, -0.25) is 0 Å². The fourth-order valence-corrected chi connectivity index (χ4v) is 2.73. The minimum Gasteiger partial charge on any atom is -0.173 e. The molecule has 1 fully saturated rings. The molecule has 0 aromatic heterocycles. The predicted molar refractivity (Wildman–Crippen MR) is 44.0 cm³/mol. The Morgan fingerprint density at radius 1 is 1.38 bits per heavy atom. The van der Waals surface area contributed by atoms with Gasteiger partial charge in [-0.2, -0.15) is 24.4 Å². The first kappa shape index (κ1) is 6.81. The molecule has 0 nitrogen and oxygen atoms in total. The molecule has 0 saturated carbocycles. The van der Waals surface area contributed by atoms with Gasteiger partial charge in [0, 0.05) is 4.75 Å². The number of rotatable bonds is 0. The van der Waals surface area contributed by atoms with E-state index in [4.69, 9.17) is 0 Å². The van der Waals surface area contributed by atoms with E-state index in [0.29, 0.717) is 4.75 Å². The summed E-state index contributed by atoms with van der Waals surface area (Å²) in [5.74, 6) is 2.61. The van der Waals surface area contributed by atoms with Crippen molar-refractivity contribution in [2.45, 2.75) is 24.5 Å². The molecule has 8 heavy (non-hydrogen) atoms. The average Bonchev–Trinajstić information content (AvgIpc) is 1.65. The van der Waals surface area contributed by atoms with Crippen molar-refractivity contribution in [3.63, 3.8) is 0 Å². The molecule has 0 aromatic rings. The summed E-state index contributed by atoms with van der Waals surface area (Å²) >= 11 is 6.55. The van der Waals surface area contributed by atoms with Gasteiger partial charge >= 0.3 is 0 Å². The van der Waals surface area contributed by atoms with Crippen LogP contribution in [0, 0.1) is 0 Å². The normalized spacial score (nSPS) is 27.8. The molecule has 48 valence electrons. The van der Waals surface area contributed by atoms with Crippen molar-refractivity contribution in [2.75, 3.05) is 11.5 Å². The molecule has 0 unspecified atom stereocenters. The minimum atomic E-state index is 0.352. The Balaban J connectivity index is 2.33. The Hall–Kier alpha value is 0.700. The van der Waals surface area contributed by atoms with E-state index in [-0.39, 0.29) is 0 Å². The zero-order valence-electron chi connectivity index (χ0n) is 5.18. The van der Waals surface area contributed by atoms with Crippen molar-refractivity contribution < 1.29 is 0 Å². The molecule has 0 aliphatic carbocycles. The van der Waals surface area contributed by atoms with E-state index >= 15 is 0 Å². The van der Waals surface area contributed by atoms with Gasteiger partial charge in [0.15, 0.2) is 0 Å². The summed E-state index contributed by atoms with van der Waals surface area (Å²) in [5, 5.41) is 0. The van der Waals surface area contributed by atoms with Crippen LogP contribution >= 0.6 is 24.4 Å². The molecular weight excluding hydrogens is 136 g/mol. The van der Waals surface area contributed by atoms with Crippen LogP contribution in [-0.4, -0.2) is 16.3 Å². The van der Waals surface area contributed by atoms with Crippen molar-refractivity contribution in [2.24, 2.45) is 0 Å². The van der Waals surface area contributed by atoms with Crippen LogP contribution in [0.5, 0.6) is 0 Å². The smallest absolute Gasteiger partial charge is 0.0117 e. The van der Waals surface area contributed by atoms with Gasteiger partial charge in [-0.1, -0.05) is 6.92 Å². The Labute approximate surface area is 60.8 Å². The van der Waals surface area contributed by atoms with Crippen LogP contribution in [0.1, 0.15) is 19.8 Å². The summed E-state index contributed by atoms with van der Waals surface area (Å²) in [7, 11) is 0. The van der Waals surface area contributed by atoms with E-state index < -0.39 is 0 Å². The van der Waals surface area contributed by atoms with E-state index in [0.717, 1.165) is 0 Å². The van der Waals surface area contributed by atoms with Crippen molar-refractivity contribution >= 4 is 24.4 Å². The highest BCUT2D eigenvalue weighted by Crippen LogP contribution is 2.31. The average molecular weight is 148 g/mol. The lowest BCUT2D eigenvalue weighted by atomic mass is 10.1. The Bertz CT molecular complexity index is 70.6. The highest BCUT2D eigenvalue weighted by molar-refractivity contribution is 7.99. The number of thiol groups is 1. The summed E-state index contributed by atoms with van der Waals surface area (Å²) in [6, 6.07) is 0. The van der Waals surface area contributed by atoms with Gasteiger partial charge in [-0.25, -0.2) is 0 Å². The van der Waals surface area contributed by atoms with Gasteiger partial charge in [-0.05, 0) is 24.3 Å². The molecule has 0 radical (unpaired) electrons. The number of hydrogen-bond acceptors (Lipinski definition) is 2. The second-order valence-corrected chi connectivity index (χ2v) is 4.91. The van der Waals surface area contributed by atoms with E-state index in [2.05, 4.69) is 19.6 Å². The molecule has 2 heteroatoms. The monoisotopic (exact) mass is 148 g/mol. The summed E-state index contributed by atoms with van der Waals surface area (Å²) in [6.45, 7) is 2.23. The standard InChI is InChI=1S/C6H12S2/c1-6(7)2-4-8-5-3-6/h7H,2-5H2,1H3. The van der Waals surface area contributed by atoms with Crippen LogP contribution in [0.3, 0.4) is 0 Å². The van der Waals surface area contributed by atoms with Gasteiger partial charge in [0.05, 0.1) is 0 Å². The van der Waals surface area contributed by atoms with Crippen LogP contribution in [0.15, 0.2) is 0 Å². The molecule has 1 rings (SSSR count). The lowest BCUT2D eigenvalue weighted by molar-refractivity contribution is 0.601. The molecule has 1 aliphatic heterocycles. The SMILES string of the molecule is CC1(S)CCSCC1. The molecule has 0 amide bonds. The Morgan fingerprint density at radius 3 is 2.12 bits per heavy atom. The topological polar surface area (TPSA) is 0 Å². The van der Waals surface area contributed by atoms with Crippen LogP contribution in [0.2, 0.25) is 0 Å². The van der Waals surface area contributed by atoms with Crippen molar-refractivity contribution in [3.8, 4) is 0 Å². The highest BCUT2D eigenvalue weighted by atomic mass is 32.2. The van der Waals surface area contributed by atoms with E-state index in [9.17, 15) is 0 Å². The third-order valence-electron chi connectivity index (χ3n) is 1.57. The zero-order valence-corrected chi connectivity index (χ0v) is 6.89. The largest absolute Gasteiger partial charge is 0.173 e. The van der Waals surface area contributed by atoms with Gasteiger partial charge in [0.2, 0.25) is 0 Å².